The Morgan fingerprint density at radius 1 is 1.62 bits per heavy atom. The fourth-order valence-corrected chi connectivity index (χ4v) is 2.53. The van der Waals surface area contributed by atoms with Gasteiger partial charge < -0.3 is 4.74 Å². The summed E-state index contributed by atoms with van der Waals surface area (Å²) in [5, 5.41) is 4.29. The molecule has 0 aliphatic heterocycles. The van der Waals surface area contributed by atoms with Crippen molar-refractivity contribution in [3.8, 4) is 5.75 Å². The molecule has 2 unspecified atom stereocenters. The molecule has 4 nitrogen and oxygen atoms in total. The van der Waals surface area contributed by atoms with Crippen molar-refractivity contribution < 1.29 is 9.53 Å². The minimum Gasteiger partial charge on any atom is -0.493 e. The zero-order valence-electron chi connectivity index (χ0n) is 10.1. The molecule has 1 aliphatic rings. The molecule has 2 rings (SSSR count). The fraction of sp³-hybridized carbons (Fsp3) is 0.667. The molecule has 1 aromatic heterocycles. The van der Waals surface area contributed by atoms with Crippen LogP contribution in [0.15, 0.2) is 6.20 Å². The van der Waals surface area contributed by atoms with Gasteiger partial charge in [0.2, 0.25) is 0 Å². The number of ether oxygens (including phenoxy) is 1. The van der Waals surface area contributed by atoms with Gasteiger partial charge in [0.15, 0.2) is 5.75 Å². The van der Waals surface area contributed by atoms with Crippen molar-refractivity contribution in [1.82, 2.24) is 9.78 Å². The monoisotopic (exact) mass is 222 g/mol. The van der Waals surface area contributed by atoms with Crippen LogP contribution < -0.4 is 4.74 Å². The standard InChI is InChI=1S/C12H18N2O2/c1-4-14-12(11(16-3)7-13-14)9-5-6-10(15)8(9)2/h7-9H,4-6H2,1-3H3. The number of methoxy groups -OCH3 is 1. The zero-order chi connectivity index (χ0) is 11.7. The van der Waals surface area contributed by atoms with Gasteiger partial charge in [0.1, 0.15) is 5.78 Å². The average Bonchev–Trinajstić information content (AvgIpc) is 2.83. The van der Waals surface area contributed by atoms with Gasteiger partial charge in [0.05, 0.1) is 19.0 Å². The van der Waals surface area contributed by atoms with E-state index in [1.54, 1.807) is 13.3 Å². The normalized spacial score (nSPS) is 25.1. The SMILES string of the molecule is CCn1ncc(OC)c1C1CCC(=O)C1C. The first kappa shape index (κ1) is 11.2. The van der Waals surface area contributed by atoms with E-state index in [1.165, 1.54) is 0 Å². The van der Waals surface area contributed by atoms with E-state index >= 15 is 0 Å². The molecule has 4 heteroatoms. The van der Waals surface area contributed by atoms with Crippen LogP contribution in [0.1, 0.15) is 38.3 Å². The maximum absolute atomic E-state index is 11.6. The average molecular weight is 222 g/mol. The molecule has 0 radical (unpaired) electrons. The number of hydrogen-bond acceptors (Lipinski definition) is 3. The minimum absolute atomic E-state index is 0.0934. The van der Waals surface area contributed by atoms with E-state index in [-0.39, 0.29) is 11.8 Å². The van der Waals surface area contributed by atoms with E-state index in [0.717, 1.165) is 24.4 Å². The molecule has 1 fully saturated rings. The predicted octanol–water partition coefficient (Wildman–Crippen LogP) is 1.99. The first-order chi connectivity index (χ1) is 7.69. The van der Waals surface area contributed by atoms with Crippen molar-refractivity contribution in [1.29, 1.82) is 0 Å². The Labute approximate surface area is 95.6 Å². The molecule has 0 spiro atoms. The zero-order valence-corrected chi connectivity index (χ0v) is 10.1. The lowest BCUT2D eigenvalue weighted by Gasteiger charge is -2.17. The molecule has 1 saturated carbocycles. The van der Waals surface area contributed by atoms with Crippen LogP contribution in [-0.4, -0.2) is 22.7 Å². The lowest BCUT2D eigenvalue weighted by Crippen LogP contribution is -2.14. The smallest absolute Gasteiger partial charge is 0.160 e. The van der Waals surface area contributed by atoms with E-state index in [9.17, 15) is 4.79 Å². The first-order valence-electron chi connectivity index (χ1n) is 5.81. The molecule has 16 heavy (non-hydrogen) atoms. The molecule has 1 heterocycles. The summed E-state index contributed by atoms with van der Waals surface area (Å²) in [6.45, 7) is 4.87. The summed E-state index contributed by atoms with van der Waals surface area (Å²) < 4.78 is 7.27. The van der Waals surface area contributed by atoms with E-state index in [1.807, 2.05) is 11.6 Å². The molecule has 88 valence electrons. The van der Waals surface area contributed by atoms with Crippen LogP contribution in [0, 0.1) is 5.92 Å². The highest BCUT2D eigenvalue weighted by Gasteiger charge is 2.35. The lowest BCUT2D eigenvalue weighted by atomic mass is 9.93. The van der Waals surface area contributed by atoms with E-state index in [4.69, 9.17) is 4.74 Å². The van der Waals surface area contributed by atoms with Crippen LogP contribution in [0.4, 0.5) is 0 Å². The van der Waals surface area contributed by atoms with Crippen molar-refractivity contribution in [3.63, 3.8) is 0 Å². The van der Waals surface area contributed by atoms with Crippen molar-refractivity contribution in [2.45, 2.75) is 39.2 Å². The third-order valence-electron chi connectivity index (χ3n) is 3.53. The lowest BCUT2D eigenvalue weighted by molar-refractivity contribution is -0.120. The van der Waals surface area contributed by atoms with Crippen LogP contribution in [0.2, 0.25) is 0 Å². The maximum atomic E-state index is 11.6. The number of aromatic nitrogens is 2. The third kappa shape index (κ3) is 1.62. The summed E-state index contributed by atoms with van der Waals surface area (Å²) in [5.74, 6) is 1.53. The van der Waals surface area contributed by atoms with Gasteiger partial charge in [-0.3, -0.25) is 9.48 Å². The highest BCUT2D eigenvalue weighted by Crippen LogP contribution is 2.40. The van der Waals surface area contributed by atoms with Crippen LogP contribution in [0.3, 0.4) is 0 Å². The Kier molecular flexibility index (Phi) is 2.99. The summed E-state index contributed by atoms with van der Waals surface area (Å²) in [5.41, 5.74) is 1.09. The molecule has 0 bridgehead atoms. The second-order valence-corrected chi connectivity index (χ2v) is 4.31. The van der Waals surface area contributed by atoms with Crippen molar-refractivity contribution >= 4 is 5.78 Å². The van der Waals surface area contributed by atoms with Crippen LogP contribution in [-0.2, 0) is 11.3 Å². The number of carbonyl (C=O) groups is 1. The number of carbonyl (C=O) groups excluding carboxylic acids is 1. The van der Waals surface area contributed by atoms with Gasteiger partial charge in [-0.2, -0.15) is 5.10 Å². The molecule has 2 atom stereocenters. The number of hydrogen-bond donors (Lipinski definition) is 0. The Balaban J connectivity index is 2.38. The number of ketones is 1. The van der Waals surface area contributed by atoms with Gasteiger partial charge in [0, 0.05) is 24.8 Å². The molecule has 1 aliphatic carbocycles. The molecule has 0 amide bonds. The van der Waals surface area contributed by atoms with Crippen molar-refractivity contribution in [3.05, 3.63) is 11.9 Å². The van der Waals surface area contributed by atoms with Crippen LogP contribution >= 0.6 is 0 Å². The molecule has 0 N–H and O–H groups in total. The van der Waals surface area contributed by atoms with E-state index in [2.05, 4.69) is 12.0 Å². The van der Waals surface area contributed by atoms with Crippen molar-refractivity contribution in [2.75, 3.05) is 7.11 Å². The quantitative estimate of drug-likeness (QED) is 0.785. The summed E-state index contributed by atoms with van der Waals surface area (Å²) in [4.78, 5) is 11.6. The van der Waals surface area contributed by atoms with Gasteiger partial charge in [0.25, 0.3) is 0 Å². The van der Waals surface area contributed by atoms with Gasteiger partial charge in [-0.05, 0) is 13.3 Å². The topological polar surface area (TPSA) is 44.1 Å². The third-order valence-corrected chi connectivity index (χ3v) is 3.53. The van der Waals surface area contributed by atoms with Crippen LogP contribution in [0.5, 0.6) is 5.75 Å². The fourth-order valence-electron chi connectivity index (χ4n) is 2.53. The number of aryl methyl sites for hydroxylation is 1. The second kappa shape index (κ2) is 4.28. The Morgan fingerprint density at radius 3 is 2.88 bits per heavy atom. The van der Waals surface area contributed by atoms with Gasteiger partial charge in [-0.15, -0.1) is 0 Å². The minimum atomic E-state index is 0.0934. The number of rotatable bonds is 3. The first-order valence-corrected chi connectivity index (χ1v) is 5.81. The Morgan fingerprint density at radius 2 is 2.38 bits per heavy atom. The van der Waals surface area contributed by atoms with Gasteiger partial charge in [-0.25, -0.2) is 0 Å². The highest BCUT2D eigenvalue weighted by molar-refractivity contribution is 5.84. The molecule has 0 saturated heterocycles. The number of nitrogens with zero attached hydrogens (tertiary/aromatic N) is 2. The molecular formula is C12H18N2O2. The summed E-state index contributed by atoms with van der Waals surface area (Å²) in [6, 6.07) is 0. The summed E-state index contributed by atoms with van der Waals surface area (Å²) in [6.07, 6.45) is 3.35. The summed E-state index contributed by atoms with van der Waals surface area (Å²) >= 11 is 0. The maximum Gasteiger partial charge on any atom is 0.160 e. The molecular weight excluding hydrogens is 204 g/mol. The Bertz CT molecular complexity index is 376. The van der Waals surface area contributed by atoms with Gasteiger partial charge >= 0.3 is 0 Å². The van der Waals surface area contributed by atoms with E-state index < -0.39 is 0 Å². The number of Topliss-reactive ketones (excluding diaryl/α,β-unsaturated/α-hetero) is 1. The van der Waals surface area contributed by atoms with Gasteiger partial charge in [-0.1, -0.05) is 6.92 Å². The Hall–Kier alpha value is -1.32. The molecule has 1 aromatic rings. The second-order valence-electron chi connectivity index (χ2n) is 4.31. The molecule has 0 aromatic carbocycles. The highest BCUT2D eigenvalue weighted by atomic mass is 16.5. The van der Waals surface area contributed by atoms with E-state index in [0.29, 0.717) is 12.2 Å². The summed E-state index contributed by atoms with van der Waals surface area (Å²) in [7, 11) is 1.65. The largest absolute Gasteiger partial charge is 0.493 e. The van der Waals surface area contributed by atoms with Crippen molar-refractivity contribution in [2.24, 2.45) is 5.92 Å². The predicted molar refractivity (Wildman–Crippen MR) is 60.6 cm³/mol. The van der Waals surface area contributed by atoms with Crippen LogP contribution in [0.25, 0.3) is 0 Å².